The van der Waals surface area contributed by atoms with Gasteiger partial charge in [-0.3, -0.25) is 9.78 Å². The first-order valence-electron chi connectivity index (χ1n) is 5.66. The van der Waals surface area contributed by atoms with Crippen molar-refractivity contribution in [3.63, 3.8) is 0 Å². The number of aromatic nitrogens is 1. The van der Waals surface area contributed by atoms with Crippen molar-refractivity contribution in [2.24, 2.45) is 0 Å². The minimum Gasteiger partial charge on any atom is -0.314 e. The fraction of sp³-hybridized carbons (Fsp3) is 0.143. The van der Waals surface area contributed by atoms with Crippen molar-refractivity contribution in [2.75, 3.05) is 11.9 Å². The first-order valence-corrected chi connectivity index (χ1v) is 6.04. The summed E-state index contributed by atoms with van der Waals surface area (Å²) in [6, 6.07) is 9.32. The molecular weight excluding hydrogens is 248 g/mol. The Balaban J connectivity index is 2.22. The third-order valence-corrected chi connectivity index (χ3v) is 3.60. The molecule has 0 spiro atoms. The van der Waals surface area contributed by atoms with Gasteiger partial charge < -0.3 is 4.90 Å². The zero-order valence-corrected chi connectivity index (χ0v) is 10.6. The lowest BCUT2D eigenvalue weighted by Crippen LogP contribution is -2.24. The smallest absolute Gasteiger partial charge is 0.238 e. The standard InChI is InChI=1S/C14H11ClN2O/c1-17-11-6-2-5-10(15)13(11)12(14(17)18)9-4-3-7-16-8-9/h2-8,12H,1H3. The quantitative estimate of drug-likeness (QED) is 0.788. The summed E-state index contributed by atoms with van der Waals surface area (Å²) >= 11 is 6.25. The number of hydrogen-bond acceptors (Lipinski definition) is 2. The van der Waals surface area contributed by atoms with Crippen LogP contribution >= 0.6 is 11.6 Å². The second-order valence-electron chi connectivity index (χ2n) is 4.29. The summed E-state index contributed by atoms with van der Waals surface area (Å²) in [7, 11) is 1.77. The Hall–Kier alpha value is -1.87. The van der Waals surface area contributed by atoms with Crippen molar-refractivity contribution in [2.45, 2.75) is 5.92 Å². The molecule has 90 valence electrons. The van der Waals surface area contributed by atoms with Gasteiger partial charge in [0.2, 0.25) is 5.91 Å². The molecule has 0 aliphatic carbocycles. The van der Waals surface area contributed by atoms with Crippen LogP contribution in [0.15, 0.2) is 42.7 Å². The van der Waals surface area contributed by atoms with Crippen molar-refractivity contribution < 1.29 is 4.79 Å². The van der Waals surface area contributed by atoms with Gasteiger partial charge in [0.05, 0.1) is 5.92 Å². The number of pyridine rings is 1. The summed E-state index contributed by atoms with van der Waals surface area (Å²) in [6.45, 7) is 0. The van der Waals surface area contributed by atoms with Crippen LogP contribution in [0.25, 0.3) is 0 Å². The maximum Gasteiger partial charge on any atom is 0.238 e. The molecule has 0 fully saturated rings. The van der Waals surface area contributed by atoms with Crippen LogP contribution in [0, 0.1) is 0 Å². The van der Waals surface area contributed by atoms with Gasteiger partial charge in [0, 0.05) is 35.7 Å². The molecule has 18 heavy (non-hydrogen) atoms. The molecule has 2 aromatic rings. The number of fused-ring (bicyclic) bond motifs is 1. The molecule has 3 nitrogen and oxygen atoms in total. The van der Waals surface area contributed by atoms with E-state index in [9.17, 15) is 4.79 Å². The number of anilines is 1. The molecule has 1 aliphatic rings. The first kappa shape index (κ1) is 11.2. The topological polar surface area (TPSA) is 33.2 Å². The van der Waals surface area contributed by atoms with Gasteiger partial charge in [0.15, 0.2) is 0 Å². The fourth-order valence-electron chi connectivity index (χ4n) is 2.40. The highest BCUT2D eigenvalue weighted by Crippen LogP contribution is 2.43. The monoisotopic (exact) mass is 258 g/mol. The molecule has 0 N–H and O–H groups in total. The highest BCUT2D eigenvalue weighted by molar-refractivity contribution is 6.33. The predicted molar refractivity (Wildman–Crippen MR) is 70.9 cm³/mol. The lowest BCUT2D eigenvalue weighted by molar-refractivity contribution is -0.118. The molecule has 1 atom stereocenters. The summed E-state index contributed by atoms with van der Waals surface area (Å²) in [6.07, 6.45) is 3.41. The van der Waals surface area contributed by atoms with Crippen LogP contribution in [-0.4, -0.2) is 17.9 Å². The Kier molecular flexibility index (Phi) is 2.56. The number of halogens is 1. The lowest BCUT2D eigenvalue weighted by Gasteiger charge is -2.10. The largest absolute Gasteiger partial charge is 0.314 e. The van der Waals surface area contributed by atoms with Crippen molar-refractivity contribution in [1.29, 1.82) is 0 Å². The molecule has 4 heteroatoms. The second kappa shape index (κ2) is 4.10. The molecule has 1 aliphatic heterocycles. The van der Waals surface area contributed by atoms with Gasteiger partial charge in [-0.05, 0) is 23.8 Å². The van der Waals surface area contributed by atoms with Crippen LogP contribution in [0.4, 0.5) is 5.69 Å². The summed E-state index contributed by atoms with van der Waals surface area (Å²) in [5.74, 6) is -0.307. The number of carbonyl (C=O) groups excluding carboxylic acids is 1. The van der Waals surface area contributed by atoms with E-state index in [1.807, 2.05) is 30.3 Å². The van der Waals surface area contributed by atoms with E-state index in [2.05, 4.69) is 4.98 Å². The lowest BCUT2D eigenvalue weighted by atomic mass is 9.94. The van der Waals surface area contributed by atoms with E-state index in [-0.39, 0.29) is 11.8 Å². The average molecular weight is 259 g/mol. The zero-order chi connectivity index (χ0) is 12.7. The van der Waals surface area contributed by atoms with E-state index in [4.69, 9.17) is 11.6 Å². The van der Waals surface area contributed by atoms with Gasteiger partial charge in [-0.1, -0.05) is 23.7 Å². The minimum absolute atomic E-state index is 0.0334. The molecule has 1 aromatic heterocycles. The summed E-state index contributed by atoms with van der Waals surface area (Å²) in [4.78, 5) is 18.1. The molecule has 0 saturated carbocycles. The van der Waals surface area contributed by atoms with Crippen molar-refractivity contribution in [3.8, 4) is 0 Å². The van der Waals surface area contributed by atoms with E-state index in [1.165, 1.54) is 0 Å². The van der Waals surface area contributed by atoms with Crippen LogP contribution in [0.5, 0.6) is 0 Å². The zero-order valence-electron chi connectivity index (χ0n) is 9.80. The maximum atomic E-state index is 12.4. The Morgan fingerprint density at radius 1 is 1.28 bits per heavy atom. The van der Waals surface area contributed by atoms with Crippen molar-refractivity contribution >= 4 is 23.2 Å². The van der Waals surface area contributed by atoms with Gasteiger partial charge in [-0.15, -0.1) is 0 Å². The Morgan fingerprint density at radius 2 is 2.11 bits per heavy atom. The molecule has 3 rings (SSSR count). The molecule has 1 amide bonds. The highest BCUT2D eigenvalue weighted by atomic mass is 35.5. The van der Waals surface area contributed by atoms with Crippen LogP contribution in [-0.2, 0) is 4.79 Å². The van der Waals surface area contributed by atoms with E-state index in [0.29, 0.717) is 5.02 Å². The highest BCUT2D eigenvalue weighted by Gasteiger charge is 2.37. The first-order chi connectivity index (χ1) is 8.70. The minimum atomic E-state index is -0.340. The van der Waals surface area contributed by atoms with E-state index in [1.54, 1.807) is 24.3 Å². The van der Waals surface area contributed by atoms with E-state index < -0.39 is 0 Å². The number of nitrogens with zero attached hydrogens (tertiary/aromatic N) is 2. The number of amides is 1. The molecule has 2 heterocycles. The van der Waals surface area contributed by atoms with Crippen LogP contribution in [0.1, 0.15) is 17.0 Å². The second-order valence-corrected chi connectivity index (χ2v) is 4.70. The number of carbonyl (C=O) groups is 1. The number of rotatable bonds is 1. The third kappa shape index (κ3) is 1.51. The molecule has 1 aromatic carbocycles. The molecule has 1 unspecified atom stereocenters. The Bertz CT molecular complexity index is 612. The predicted octanol–water partition coefficient (Wildman–Crippen LogP) is 2.84. The van der Waals surface area contributed by atoms with Crippen LogP contribution in [0.2, 0.25) is 5.02 Å². The van der Waals surface area contributed by atoms with Crippen molar-refractivity contribution in [1.82, 2.24) is 4.98 Å². The van der Waals surface area contributed by atoms with Gasteiger partial charge in [0.1, 0.15) is 0 Å². The Morgan fingerprint density at radius 3 is 2.83 bits per heavy atom. The van der Waals surface area contributed by atoms with Crippen molar-refractivity contribution in [3.05, 3.63) is 58.9 Å². The third-order valence-electron chi connectivity index (χ3n) is 3.28. The molecular formula is C14H11ClN2O. The van der Waals surface area contributed by atoms with Crippen LogP contribution < -0.4 is 4.90 Å². The number of benzene rings is 1. The van der Waals surface area contributed by atoms with Gasteiger partial charge in [0.25, 0.3) is 0 Å². The average Bonchev–Trinajstić information content (AvgIpc) is 2.65. The number of likely N-dealkylation sites (N-methyl/N-ethyl adjacent to an activating group) is 1. The molecule has 0 bridgehead atoms. The van der Waals surface area contributed by atoms with Crippen LogP contribution in [0.3, 0.4) is 0 Å². The van der Waals surface area contributed by atoms with Gasteiger partial charge >= 0.3 is 0 Å². The fourth-order valence-corrected chi connectivity index (χ4v) is 2.67. The van der Waals surface area contributed by atoms with Gasteiger partial charge in [-0.25, -0.2) is 0 Å². The summed E-state index contributed by atoms with van der Waals surface area (Å²) < 4.78 is 0. The molecule has 0 radical (unpaired) electrons. The number of hydrogen-bond donors (Lipinski definition) is 0. The maximum absolute atomic E-state index is 12.4. The SMILES string of the molecule is CN1C(=O)C(c2cccnc2)c2c(Cl)cccc21. The molecule has 0 saturated heterocycles. The van der Waals surface area contributed by atoms with Gasteiger partial charge in [-0.2, -0.15) is 0 Å². The normalized spacial score (nSPS) is 18.0. The Labute approximate surface area is 110 Å². The van der Waals surface area contributed by atoms with E-state index in [0.717, 1.165) is 16.8 Å². The summed E-state index contributed by atoms with van der Waals surface area (Å²) in [5.41, 5.74) is 2.63. The van der Waals surface area contributed by atoms with E-state index >= 15 is 0 Å². The summed E-state index contributed by atoms with van der Waals surface area (Å²) in [5, 5.41) is 0.624.